The summed E-state index contributed by atoms with van der Waals surface area (Å²) in [5, 5.41) is 0. The molecule has 0 bridgehead atoms. The van der Waals surface area contributed by atoms with Crippen LogP contribution in [0.3, 0.4) is 0 Å². The Morgan fingerprint density at radius 3 is 2.40 bits per heavy atom. The van der Waals surface area contributed by atoms with Crippen LogP contribution in [0.25, 0.3) is 0 Å². The monoisotopic (exact) mass is 208 g/mol. The first kappa shape index (κ1) is 11.8. The number of hydrogen-bond donors (Lipinski definition) is 1. The Morgan fingerprint density at radius 1 is 1.20 bits per heavy atom. The van der Waals surface area contributed by atoms with Gasteiger partial charge in [0.05, 0.1) is 0 Å². The van der Waals surface area contributed by atoms with Crippen LogP contribution in [0.2, 0.25) is 0 Å². The van der Waals surface area contributed by atoms with Gasteiger partial charge in [-0.25, -0.2) is 4.98 Å². The van der Waals surface area contributed by atoms with Gasteiger partial charge in [-0.2, -0.15) is 4.98 Å². The van der Waals surface area contributed by atoms with Gasteiger partial charge in [0, 0.05) is 24.8 Å². The van der Waals surface area contributed by atoms with Crippen LogP contribution in [0, 0.1) is 0 Å². The highest BCUT2D eigenvalue weighted by Crippen LogP contribution is 2.12. The van der Waals surface area contributed by atoms with Gasteiger partial charge in [-0.15, -0.1) is 0 Å². The van der Waals surface area contributed by atoms with Gasteiger partial charge in [0.2, 0.25) is 5.95 Å². The molecule has 0 spiro atoms. The molecule has 0 fully saturated rings. The Kier molecular flexibility index (Phi) is 4.34. The summed E-state index contributed by atoms with van der Waals surface area (Å²) in [6.45, 7) is 8.14. The predicted octanol–water partition coefficient (Wildman–Crippen LogP) is 1.86. The Morgan fingerprint density at radius 2 is 1.87 bits per heavy atom. The smallest absolute Gasteiger partial charge is 0.227 e. The average molecular weight is 208 g/mol. The summed E-state index contributed by atoms with van der Waals surface area (Å²) < 4.78 is 0. The number of nitrogen functional groups attached to an aromatic ring is 1. The predicted molar refractivity (Wildman–Crippen MR) is 64.0 cm³/mol. The summed E-state index contributed by atoms with van der Waals surface area (Å²) in [5.74, 6) is 1.32. The van der Waals surface area contributed by atoms with E-state index in [1.54, 1.807) is 0 Å². The first-order valence-electron chi connectivity index (χ1n) is 5.59. The van der Waals surface area contributed by atoms with E-state index >= 15 is 0 Å². The first-order chi connectivity index (χ1) is 7.21. The molecule has 4 nitrogen and oxygen atoms in total. The van der Waals surface area contributed by atoms with Crippen LogP contribution in [0.5, 0.6) is 0 Å². The second-order valence-corrected chi connectivity index (χ2v) is 3.51. The minimum absolute atomic E-state index is 0.565. The zero-order valence-electron chi connectivity index (χ0n) is 9.82. The van der Waals surface area contributed by atoms with Crippen LogP contribution in [-0.4, -0.2) is 23.1 Å². The van der Waals surface area contributed by atoms with Crippen LogP contribution in [0.15, 0.2) is 6.07 Å². The molecule has 1 rings (SSSR count). The molecule has 0 unspecified atom stereocenters. The molecule has 0 aliphatic rings. The molecule has 0 amide bonds. The molecule has 0 aromatic carbocycles. The van der Waals surface area contributed by atoms with Crippen LogP contribution in [0.4, 0.5) is 11.8 Å². The third kappa shape index (κ3) is 3.08. The Hall–Kier alpha value is -1.32. The molecule has 2 N–H and O–H groups in total. The molecular weight excluding hydrogens is 188 g/mol. The maximum atomic E-state index is 5.76. The van der Waals surface area contributed by atoms with Gasteiger partial charge in [0.1, 0.15) is 5.82 Å². The second-order valence-electron chi connectivity index (χ2n) is 3.51. The van der Waals surface area contributed by atoms with Gasteiger partial charge in [-0.1, -0.05) is 13.3 Å². The number of aryl methyl sites for hydroxylation is 1. The standard InChI is InChI=1S/C11H20N4/c1-4-7-9-8-10(12)14-11(13-9)15(5-2)6-3/h8H,4-7H2,1-3H3,(H2,12,13,14). The maximum Gasteiger partial charge on any atom is 0.227 e. The Bertz CT molecular complexity index is 307. The van der Waals surface area contributed by atoms with Gasteiger partial charge in [-0.3, -0.25) is 0 Å². The minimum Gasteiger partial charge on any atom is -0.384 e. The molecule has 4 heteroatoms. The molecule has 84 valence electrons. The third-order valence-electron chi connectivity index (χ3n) is 2.34. The molecular formula is C11H20N4. The fourth-order valence-electron chi connectivity index (χ4n) is 1.54. The summed E-state index contributed by atoms with van der Waals surface area (Å²) >= 11 is 0. The van der Waals surface area contributed by atoms with Crippen molar-refractivity contribution in [2.45, 2.75) is 33.6 Å². The fourth-order valence-corrected chi connectivity index (χ4v) is 1.54. The van der Waals surface area contributed by atoms with E-state index in [1.165, 1.54) is 0 Å². The molecule has 1 heterocycles. The minimum atomic E-state index is 0.565. The maximum absolute atomic E-state index is 5.76. The fraction of sp³-hybridized carbons (Fsp3) is 0.636. The topological polar surface area (TPSA) is 55.0 Å². The highest BCUT2D eigenvalue weighted by molar-refractivity contribution is 5.40. The van der Waals surface area contributed by atoms with E-state index in [1.807, 2.05) is 6.07 Å². The van der Waals surface area contributed by atoms with Crippen molar-refractivity contribution >= 4 is 11.8 Å². The molecule has 0 saturated carbocycles. The molecule has 1 aromatic heterocycles. The van der Waals surface area contributed by atoms with Crippen molar-refractivity contribution in [3.05, 3.63) is 11.8 Å². The summed E-state index contributed by atoms with van der Waals surface area (Å²) in [6.07, 6.45) is 2.04. The largest absolute Gasteiger partial charge is 0.384 e. The number of anilines is 2. The molecule has 0 aliphatic carbocycles. The summed E-state index contributed by atoms with van der Waals surface area (Å²) in [7, 11) is 0. The van der Waals surface area contributed by atoms with Gasteiger partial charge >= 0.3 is 0 Å². The van der Waals surface area contributed by atoms with E-state index < -0.39 is 0 Å². The van der Waals surface area contributed by atoms with Gasteiger partial charge in [0.25, 0.3) is 0 Å². The average Bonchev–Trinajstić information content (AvgIpc) is 2.19. The van der Waals surface area contributed by atoms with Crippen LogP contribution >= 0.6 is 0 Å². The second kappa shape index (κ2) is 5.53. The van der Waals surface area contributed by atoms with Crippen LogP contribution in [-0.2, 0) is 6.42 Å². The molecule has 0 radical (unpaired) electrons. The Labute approximate surface area is 91.5 Å². The van der Waals surface area contributed by atoms with Crippen molar-refractivity contribution in [2.24, 2.45) is 0 Å². The molecule has 15 heavy (non-hydrogen) atoms. The lowest BCUT2D eigenvalue weighted by atomic mass is 10.2. The van der Waals surface area contributed by atoms with E-state index in [4.69, 9.17) is 5.73 Å². The van der Waals surface area contributed by atoms with Crippen molar-refractivity contribution in [2.75, 3.05) is 23.7 Å². The quantitative estimate of drug-likeness (QED) is 0.802. The van der Waals surface area contributed by atoms with Crippen molar-refractivity contribution < 1.29 is 0 Å². The summed E-state index contributed by atoms with van der Waals surface area (Å²) in [6, 6.07) is 1.86. The van der Waals surface area contributed by atoms with Crippen molar-refractivity contribution in [1.82, 2.24) is 9.97 Å². The van der Waals surface area contributed by atoms with Gasteiger partial charge in [-0.05, 0) is 20.3 Å². The van der Waals surface area contributed by atoms with E-state index in [2.05, 4.69) is 35.6 Å². The summed E-state index contributed by atoms with van der Waals surface area (Å²) in [5.41, 5.74) is 6.79. The molecule has 0 saturated heterocycles. The number of nitrogens with two attached hydrogens (primary N) is 1. The lowest BCUT2D eigenvalue weighted by molar-refractivity contribution is 0.799. The van der Waals surface area contributed by atoms with Crippen LogP contribution < -0.4 is 10.6 Å². The summed E-state index contributed by atoms with van der Waals surface area (Å²) in [4.78, 5) is 10.9. The van der Waals surface area contributed by atoms with Crippen molar-refractivity contribution in [3.63, 3.8) is 0 Å². The first-order valence-corrected chi connectivity index (χ1v) is 5.59. The highest BCUT2D eigenvalue weighted by atomic mass is 15.2. The molecule has 0 atom stereocenters. The molecule has 1 aromatic rings. The Balaban J connectivity index is 2.96. The molecule has 0 aliphatic heterocycles. The van der Waals surface area contributed by atoms with Gasteiger partial charge < -0.3 is 10.6 Å². The van der Waals surface area contributed by atoms with Crippen molar-refractivity contribution in [1.29, 1.82) is 0 Å². The third-order valence-corrected chi connectivity index (χ3v) is 2.34. The SMILES string of the molecule is CCCc1cc(N)nc(N(CC)CC)n1. The zero-order chi connectivity index (χ0) is 11.3. The zero-order valence-corrected chi connectivity index (χ0v) is 9.82. The highest BCUT2D eigenvalue weighted by Gasteiger charge is 2.07. The van der Waals surface area contributed by atoms with E-state index in [0.29, 0.717) is 5.82 Å². The lowest BCUT2D eigenvalue weighted by Crippen LogP contribution is -2.24. The van der Waals surface area contributed by atoms with Gasteiger partial charge in [0.15, 0.2) is 0 Å². The number of nitrogens with zero attached hydrogens (tertiary/aromatic N) is 3. The number of hydrogen-bond acceptors (Lipinski definition) is 4. The lowest BCUT2D eigenvalue weighted by Gasteiger charge is -2.19. The van der Waals surface area contributed by atoms with Crippen LogP contribution in [0.1, 0.15) is 32.9 Å². The number of rotatable bonds is 5. The van der Waals surface area contributed by atoms with E-state index in [-0.39, 0.29) is 0 Å². The van der Waals surface area contributed by atoms with E-state index in [0.717, 1.165) is 37.6 Å². The van der Waals surface area contributed by atoms with Crippen molar-refractivity contribution in [3.8, 4) is 0 Å². The normalized spacial score (nSPS) is 10.3. The van der Waals surface area contributed by atoms with E-state index in [9.17, 15) is 0 Å². The number of aromatic nitrogens is 2.